The molecule has 0 aliphatic heterocycles. The van der Waals surface area contributed by atoms with Crippen molar-refractivity contribution in [3.63, 3.8) is 0 Å². The van der Waals surface area contributed by atoms with Crippen LogP contribution in [0.1, 0.15) is 52.4 Å². The Hall–Kier alpha value is -1.76. The Kier molecular flexibility index (Phi) is 7.73. The first-order chi connectivity index (χ1) is 10.6. The molecule has 1 atom stereocenters. The van der Waals surface area contributed by atoms with Gasteiger partial charge in [0.1, 0.15) is 0 Å². The fraction of sp³-hybridized carbons (Fsp3) is 0.667. The van der Waals surface area contributed by atoms with E-state index in [0.717, 1.165) is 32.1 Å². The molecule has 0 saturated heterocycles. The Bertz CT molecular complexity index is 426. The van der Waals surface area contributed by atoms with Gasteiger partial charge in [0.05, 0.1) is 13.2 Å². The molecule has 122 valence electrons. The summed E-state index contributed by atoms with van der Waals surface area (Å²) in [5.41, 5.74) is -1.42. The first kappa shape index (κ1) is 18.3. The molecule has 0 aromatic rings. The van der Waals surface area contributed by atoms with Gasteiger partial charge >= 0.3 is 11.9 Å². The molecular formula is C18H26O4. The van der Waals surface area contributed by atoms with E-state index >= 15 is 0 Å². The molecule has 0 aromatic carbocycles. The minimum atomic E-state index is -1.42. The average molecular weight is 306 g/mol. The molecule has 1 rings (SSSR count). The molecular weight excluding hydrogens is 280 g/mol. The van der Waals surface area contributed by atoms with E-state index in [1.807, 2.05) is 12.2 Å². The topological polar surface area (TPSA) is 52.6 Å². The molecule has 1 aliphatic rings. The smallest absolute Gasteiger partial charge is 0.325 e. The van der Waals surface area contributed by atoms with Crippen LogP contribution in [0.3, 0.4) is 0 Å². The second-order valence-electron chi connectivity index (χ2n) is 5.47. The lowest BCUT2D eigenvalue weighted by molar-refractivity contribution is -0.175. The number of hydrogen-bond donors (Lipinski definition) is 0. The molecule has 0 heterocycles. The van der Waals surface area contributed by atoms with Gasteiger partial charge in [-0.3, -0.25) is 9.59 Å². The van der Waals surface area contributed by atoms with Crippen LogP contribution >= 0.6 is 0 Å². The molecule has 1 aliphatic carbocycles. The first-order valence-electron chi connectivity index (χ1n) is 8.08. The fourth-order valence-corrected chi connectivity index (χ4v) is 2.91. The Morgan fingerprint density at radius 1 is 1.18 bits per heavy atom. The van der Waals surface area contributed by atoms with Gasteiger partial charge in [0.25, 0.3) is 0 Å². The van der Waals surface area contributed by atoms with Crippen LogP contribution in [-0.4, -0.2) is 25.2 Å². The Morgan fingerprint density at radius 3 is 2.36 bits per heavy atom. The normalized spacial score (nSPS) is 18.7. The van der Waals surface area contributed by atoms with Gasteiger partial charge < -0.3 is 9.47 Å². The molecule has 0 saturated carbocycles. The number of terminal acetylenes is 1. The summed E-state index contributed by atoms with van der Waals surface area (Å²) in [5.74, 6) is 1.07. The zero-order chi connectivity index (χ0) is 16.4. The minimum Gasteiger partial charge on any atom is -0.465 e. The van der Waals surface area contributed by atoms with Crippen molar-refractivity contribution in [2.45, 2.75) is 52.4 Å². The van der Waals surface area contributed by atoms with E-state index in [9.17, 15) is 9.59 Å². The zero-order valence-electron chi connectivity index (χ0n) is 13.6. The minimum absolute atomic E-state index is 0.000324. The van der Waals surface area contributed by atoms with E-state index in [2.05, 4.69) is 5.92 Å². The maximum atomic E-state index is 12.6. The van der Waals surface area contributed by atoms with E-state index < -0.39 is 17.4 Å². The van der Waals surface area contributed by atoms with E-state index in [4.69, 9.17) is 15.9 Å². The Morgan fingerprint density at radius 2 is 1.82 bits per heavy atom. The molecule has 4 heteroatoms. The van der Waals surface area contributed by atoms with Gasteiger partial charge in [0, 0.05) is 12.3 Å². The molecule has 4 nitrogen and oxygen atoms in total. The second kappa shape index (κ2) is 9.30. The molecule has 22 heavy (non-hydrogen) atoms. The van der Waals surface area contributed by atoms with Crippen molar-refractivity contribution in [1.82, 2.24) is 0 Å². The maximum Gasteiger partial charge on any atom is 0.325 e. The summed E-state index contributed by atoms with van der Waals surface area (Å²) < 4.78 is 10.4. The Balaban J connectivity index is 3.25. The van der Waals surface area contributed by atoms with Crippen LogP contribution in [0.2, 0.25) is 0 Å². The third-order valence-electron chi connectivity index (χ3n) is 4.05. The van der Waals surface area contributed by atoms with Crippen LogP contribution < -0.4 is 0 Å². The highest BCUT2D eigenvalue weighted by Gasteiger charge is 2.53. The van der Waals surface area contributed by atoms with Crippen molar-refractivity contribution in [3.8, 4) is 12.3 Å². The van der Waals surface area contributed by atoms with Crippen LogP contribution in [0, 0.1) is 23.7 Å². The quantitative estimate of drug-likeness (QED) is 0.327. The molecule has 0 fully saturated rings. The second-order valence-corrected chi connectivity index (χ2v) is 5.47. The standard InChI is InChI=1S/C18H26O4/c1-4-14-18(16(19)21-5-2,17(20)22-6-3)15-12-10-8-7-9-11-13-15/h1,10,12,15H,5-9,11,13-14H2,2-3H3. The summed E-state index contributed by atoms with van der Waals surface area (Å²) >= 11 is 0. The van der Waals surface area contributed by atoms with Gasteiger partial charge in [0.2, 0.25) is 0 Å². The van der Waals surface area contributed by atoms with Crippen molar-refractivity contribution in [2.75, 3.05) is 13.2 Å². The Labute approximate surface area is 133 Å². The number of rotatable bonds is 6. The van der Waals surface area contributed by atoms with Crippen molar-refractivity contribution in [1.29, 1.82) is 0 Å². The number of ether oxygens (including phenoxy) is 2. The highest BCUT2D eigenvalue weighted by Crippen LogP contribution is 2.40. The fourth-order valence-electron chi connectivity index (χ4n) is 2.91. The lowest BCUT2D eigenvalue weighted by Crippen LogP contribution is -2.47. The van der Waals surface area contributed by atoms with Gasteiger partial charge in [0.15, 0.2) is 5.41 Å². The zero-order valence-corrected chi connectivity index (χ0v) is 13.6. The number of allylic oxidation sites excluding steroid dienone is 2. The SMILES string of the molecule is C#CCC(C(=O)OCC)(C(=O)OCC)C1C=CCCCCC1. The van der Waals surface area contributed by atoms with Crippen LogP contribution in [-0.2, 0) is 19.1 Å². The first-order valence-corrected chi connectivity index (χ1v) is 8.08. The number of carbonyl (C=O) groups is 2. The summed E-state index contributed by atoms with van der Waals surface area (Å²) in [6.45, 7) is 3.86. The molecule has 0 N–H and O–H groups in total. The van der Waals surface area contributed by atoms with Crippen molar-refractivity contribution < 1.29 is 19.1 Å². The lowest BCUT2D eigenvalue weighted by Gasteiger charge is -2.34. The van der Waals surface area contributed by atoms with Gasteiger partial charge in [-0.05, 0) is 33.1 Å². The van der Waals surface area contributed by atoms with Crippen molar-refractivity contribution >= 4 is 11.9 Å². The van der Waals surface area contributed by atoms with Crippen molar-refractivity contribution in [3.05, 3.63) is 12.2 Å². The highest BCUT2D eigenvalue weighted by molar-refractivity contribution is 6.01. The maximum absolute atomic E-state index is 12.6. The predicted molar refractivity (Wildman–Crippen MR) is 84.9 cm³/mol. The molecule has 0 spiro atoms. The van der Waals surface area contributed by atoms with Crippen LogP contribution in [0.4, 0.5) is 0 Å². The third-order valence-corrected chi connectivity index (χ3v) is 4.05. The van der Waals surface area contributed by atoms with E-state index in [-0.39, 0.29) is 25.6 Å². The highest BCUT2D eigenvalue weighted by atomic mass is 16.6. The van der Waals surface area contributed by atoms with E-state index in [1.165, 1.54) is 0 Å². The summed E-state index contributed by atoms with van der Waals surface area (Å²) in [7, 11) is 0. The monoisotopic (exact) mass is 306 g/mol. The molecule has 0 aromatic heterocycles. The van der Waals surface area contributed by atoms with Crippen molar-refractivity contribution in [2.24, 2.45) is 11.3 Å². The molecule has 0 radical (unpaired) electrons. The average Bonchev–Trinajstić information content (AvgIpc) is 2.45. The predicted octanol–water partition coefficient (Wildman–Crippen LogP) is 3.26. The lowest BCUT2D eigenvalue weighted by atomic mass is 9.70. The number of carbonyl (C=O) groups excluding carboxylic acids is 2. The largest absolute Gasteiger partial charge is 0.465 e. The van der Waals surface area contributed by atoms with E-state index in [1.54, 1.807) is 13.8 Å². The van der Waals surface area contributed by atoms with Gasteiger partial charge in [-0.1, -0.05) is 25.0 Å². The van der Waals surface area contributed by atoms with Gasteiger partial charge in [-0.15, -0.1) is 12.3 Å². The summed E-state index contributed by atoms with van der Waals surface area (Å²) in [6.07, 6.45) is 14.3. The third kappa shape index (κ3) is 4.13. The van der Waals surface area contributed by atoms with Crippen LogP contribution in [0.5, 0.6) is 0 Å². The summed E-state index contributed by atoms with van der Waals surface area (Å²) in [5, 5.41) is 0. The summed E-state index contributed by atoms with van der Waals surface area (Å²) in [6, 6.07) is 0. The number of hydrogen-bond acceptors (Lipinski definition) is 4. The van der Waals surface area contributed by atoms with Gasteiger partial charge in [-0.2, -0.15) is 0 Å². The van der Waals surface area contributed by atoms with Crippen LogP contribution in [0.25, 0.3) is 0 Å². The molecule has 1 unspecified atom stereocenters. The number of esters is 2. The van der Waals surface area contributed by atoms with E-state index in [0.29, 0.717) is 0 Å². The molecule has 0 amide bonds. The molecule has 0 bridgehead atoms. The van der Waals surface area contributed by atoms with Gasteiger partial charge in [-0.25, -0.2) is 0 Å². The summed E-state index contributed by atoms with van der Waals surface area (Å²) in [4.78, 5) is 25.2. The van der Waals surface area contributed by atoms with Crippen LogP contribution in [0.15, 0.2) is 12.2 Å².